The summed E-state index contributed by atoms with van der Waals surface area (Å²) >= 11 is 0. The van der Waals surface area contributed by atoms with Gasteiger partial charge in [-0.25, -0.2) is 4.79 Å². The molecule has 1 amide bonds. The SMILES string of the molecule is COC(=O)C1(O)CCCN1C(=O)c1cc(OC)c(OC)cc1[N+](=O)[O-]. The molecule has 0 bridgehead atoms. The molecule has 10 nitrogen and oxygen atoms in total. The molecule has 1 unspecified atom stereocenters. The van der Waals surface area contributed by atoms with Crippen LogP contribution in [0.3, 0.4) is 0 Å². The quantitative estimate of drug-likeness (QED) is 0.465. The predicted molar refractivity (Wildman–Crippen MR) is 83.4 cm³/mol. The summed E-state index contributed by atoms with van der Waals surface area (Å²) < 4.78 is 14.6. The van der Waals surface area contributed by atoms with Crippen molar-refractivity contribution in [3.63, 3.8) is 0 Å². The van der Waals surface area contributed by atoms with Gasteiger partial charge in [-0.05, 0) is 6.42 Å². The molecule has 1 aliphatic rings. The molecular formula is C15H18N2O8. The van der Waals surface area contributed by atoms with E-state index in [0.717, 1.165) is 24.1 Å². The Hall–Kier alpha value is -2.88. The molecular weight excluding hydrogens is 336 g/mol. The molecule has 0 aliphatic carbocycles. The fraction of sp³-hybridized carbons (Fsp3) is 0.467. The highest BCUT2D eigenvalue weighted by Crippen LogP contribution is 2.37. The zero-order valence-corrected chi connectivity index (χ0v) is 14.0. The van der Waals surface area contributed by atoms with Crippen molar-refractivity contribution < 1.29 is 33.8 Å². The number of esters is 1. The highest BCUT2D eigenvalue weighted by atomic mass is 16.6. The van der Waals surface area contributed by atoms with Crippen LogP contribution in [0.25, 0.3) is 0 Å². The first kappa shape index (κ1) is 18.5. The number of ether oxygens (including phenoxy) is 3. The van der Waals surface area contributed by atoms with Crippen molar-refractivity contribution >= 4 is 17.6 Å². The molecule has 1 heterocycles. The lowest BCUT2D eigenvalue weighted by atomic mass is 10.1. The lowest BCUT2D eigenvalue weighted by Gasteiger charge is -2.30. The van der Waals surface area contributed by atoms with Crippen molar-refractivity contribution in [1.29, 1.82) is 0 Å². The number of hydrogen-bond donors (Lipinski definition) is 1. The van der Waals surface area contributed by atoms with E-state index in [1.54, 1.807) is 0 Å². The number of nitro benzene ring substituents is 1. The van der Waals surface area contributed by atoms with Crippen LogP contribution in [0.5, 0.6) is 11.5 Å². The third kappa shape index (κ3) is 3.07. The van der Waals surface area contributed by atoms with Gasteiger partial charge in [-0.3, -0.25) is 14.9 Å². The van der Waals surface area contributed by atoms with E-state index < -0.39 is 28.2 Å². The highest BCUT2D eigenvalue weighted by Gasteiger charge is 2.50. The molecule has 0 radical (unpaired) electrons. The Kier molecular flexibility index (Phi) is 5.12. The third-order valence-electron chi connectivity index (χ3n) is 4.04. The van der Waals surface area contributed by atoms with Gasteiger partial charge >= 0.3 is 5.97 Å². The van der Waals surface area contributed by atoms with Gasteiger partial charge in [-0.15, -0.1) is 0 Å². The Bertz CT molecular complexity index is 720. The van der Waals surface area contributed by atoms with E-state index in [9.17, 15) is 24.8 Å². The summed E-state index contributed by atoms with van der Waals surface area (Å²) in [6.07, 6.45) is 0.324. The van der Waals surface area contributed by atoms with E-state index in [4.69, 9.17) is 9.47 Å². The number of aliphatic hydroxyl groups is 1. The van der Waals surface area contributed by atoms with Gasteiger partial charge < -0.3 is 24.2 Å². The zero-order chi connectivity index (χ0) is 18.8. The number of rotatable bonds is 5. The van der Waals surface area contributed by atoms with Crippen molar-refractivity contribution in [3.05, 3.63) is 27.8 Å². The molecule has 136 valence electrons. The number of methoxy groups -OCH3 is 3. The second-order valence-corrected chi connectivity index (χ2v) is 5.35. The first-order chi connectivity index (χ1) is 11.8. The monoisotopic (exact) mass is 354 g/mol. The van der Waals surface area contributed by atoms with Crippen molar-refractivity contribution in [2.75, 3.05) is 27.9 Å². The number of carbonyl (C=O) groups is 2. The minimum atomic E-state index is -2.16. The van der Waals surface area contributed by atoms with E-state index >= 15 is 0 Å². The van der Waals surface area contributed by atoms with E-state index in [-0.39, 0.29) is 30.0 Å². The molecule has 1 atom stereocenters. The lowest BCUT2D eigenvalue weighted by Crippen LogP contribution is -2.53. The van der Waals surface area contributed by atoms with E-state index in [1.807, 2.05) is 0 Å². The average Bonchev–Trinajstić information content (AvgIpc) is 3.01. The number of carbonyl (C=O) groups excluding carboxylic acids is 2. The van der Waals surface area contributed by atoms with Crippen LogP contribution in [0.15, 0.2) is 12.1 Å². The summed E-state index contributed by atoms with van der Waals surface area (Å²) in [5.74, 6) is -1.69. The Labute approximate surface area is 143 Å². The van der Waals surface area contributed by atoms with E-state index in [1.165, 1.54) is 14.2 Å². The number of amides is 1. The highest BCUT2D eigenvalue weighted by molar-refractivity contribution is 6.01. The van der Waals surface area contributed by atoms with Crippen molar-refractivity contribution in [3.8, 4) is 11.5 Å². The van der Waals surface area contributed by atoms with Gasteiger partial charge in [0.1, 0.15) is 5.56 Å². The standard InChI is InChI=1S/C15H18N2O8/c1-23-11-7-9(10(17(21)22)8-12(11)24-2)13(18)16-6-4-5-15(16,20)14(19)25-3/h7-8,20H,4-6H2,1-3H3. The number of benzene rings is 1. The molecule has 0 aromatic heterocycles. The first-order valence-electron chi connectivity index (χ1n) is 7.33. The second-order valence-electron chi connectivity index (χ2n) is 5.35. The maximum atomic E-state index is 12.8. The molecule has 1 aliphatic heterocycles. The van der Waals surface area contributed by atoms with Gasteiger partial charge in [0.2, 0.25) is 5.72 Å². The number of nitrogens with zero attached hydrogens (tertiary/aromatic N) is 2. The maximum absolute atomic E-state index is 12.8. The van der Waals surface area contributed by atoms with Crippen molar-refractivity contribution in [2.45, 2.75) is 18.6 Å². The normalized spacial score (nSPS) is 19.4. The smallest absolute Gasteiger partial charge is 0.359 e. The van der Waals surface area contributed by atoms with Crippen LogP contribution in [0.1, 0.15) is 23.2 Å². The minimum absolute atomic E-state index is 0.0213. The van der Waals surface area contributed by atoms with Gasteiger partial charge in [0, 0.05) is 19.0 Å². The average molecular weight is 354 g/mol. The Morgan fingerprint density at radius 3 is 2.36 bits per heavy atom. The maximum Gasteiger partial charge on any atom is 0.359 e. The number of hydrogen-bond acceptors (Lipinski definition) is 8. The summed E-state index contributed by atoms with van der Waals surface area (Å²) in [5.41, 5.74) is -3.01. The summed E-state index contributed by atoms with van der Waals surface area (Å²) in [6, 6.07) is 2.20. The summed E-state index contributed by atoms with van der Waals surface area (Å²) in [5, 5.41) is 21.9. The van der Waals surface area contributed by atoms with Crippen LogP contribution in [0.2, 0.25) is 0 Å². The van der Waals surface area contributed by atoms with Crippen LogP contribution >= 0.6 is 0 Å². The third-order valence-corrected chi connectivity index (χ3v) is 4.04. The topological polar surface area (TPSA) is 128 Å². The van der Waals surface area contributed by atoms with Crippen LogP contribution in [0.4, 0.5) is 5.69 Å². The molecule has 1 aromatic carbocycles. The Morgan fingerprint density at radius 2 is 1.84 bits per heavy atom. The molecule has 10 heteroatoms. The van der Waals surface area contributed by atoms with Crippen LogP contribution in [-0.4, -0.2) is 60.4 Å². The lowest BCUT2D eigenvalue weighted by molar-refractivity contribution is -0.385. The van der Waals surface area contributed by atoms with Gasteiger partial charge in [0.25, 0.3) is 11.6 Å². The van der Waals surface area contributed by atoms with Gasteiger partial charge in [0.15, 0.2) is 11.5 Å². The molecule has 1 saturated heterocycles. The van der Waals surface area contributed by atoms with Crippen LogP contribution in [-0.2, 0) is 9.53 Å². The van der Waals surface area contributed by atoms with Crippen molar-refractivity contribution in [2.24, 2.45) is 0 Å². The zero-order valence-electron chi connectivity index (χ0n) is 14.0. The molecule has 2 rings (SSSR count). The van der Waals surface area contributed by atoms with E-state index in [0.29, 0.717) is 6.42 Å². The second kappa shape index (κ2) is 6.93. The molecule has 25 heavy (non-hydrogen) atoms. The molecule has 1 N–H and O–H groups in total. The van der Waals surface area contributed by atoms with Crippen LogP contribution < -0.4 is 9.47 Å². The number of nitro groups is 1. The summed E-state index contributed by atoms with van der Waals surface area (Å²) in [4.78, 5) is 36.2. The Balaban J connectivity index is 2.55. The van der Waals surface area contributed by atoms with Gasteiger partial charge in [-0.2, -0.15) is 0 Å². The minimum Gasteiger partial charge on any atom is -0.493 e. The summed E-state index contributed by atoms with van der Waals surface area (Å²) in [7, 11) is 3.71. The fourth-order valence-electron chi connectivity index (χ4n) is 2.78. The first-order valence-corrected chi connectivity index (χ1v) is 7.33. The summed E-state index contributed by atoms with van der Waals surface area (Å²) in [6.45, 7) is 0.0515. The number of likely N-dealkylation sites (tertiary alicyclic amines) is 1. The largest absolute Gasteiger partial charge is 0.493 e. The van der Waals surface area contributed by atoms with Crippen molar-refractivity contribution in [1.82, 2.24) is 4.90 Å². The van der Waals surface area contributed by atoms with E-state index in [2.05, 4.69) is 4.74 Å². The molecule has 0 spiro atoms. The molecule has 1 fully saturated rings. The van der Waals surface area contributed by atoms with Gasteiger partial charge in [-0.1, -0.05) is 0 Å². The molecule has 1 aromatic rings. The Morgan fingerprint density at radius 1 is 1.24 bits per heavy atom. The predicted octanol–water partition coefficient (Wildman–Crippen LogP) is 0.710. The van der Waals surface area contributed by atoms with Gasteiger partial charge in [0.05, 0.1) is 32.3 Å². The van der Waals surface area contributed by atoms with Crippen LogP contribution in [0, 0.1) is 10.1 Å². The fourth-order valence-corrected chi connectivity index (χ4v) is 2.78. The molecule has 0 saturated carbocycles.